The zero-order valence-corrected chi connectivity index (χ0v) is 15.3. The number of anilines is 1. The highest BCUT2D eigenvalue weighted by Gasteiger charge is 2.38. The molecule has 2 aromatic carbocycles. The molecule has 138 valence electrons. The second-order valence-electron chi connectivity index (χ2n) is 5.76. The molecular weight excluding hydrogens is 368 g/mol. The Hall–Kier alpha value is -3.12. The number of carbonyl (C=O) groups is 3. The molecule has 0 bridgehead atoms. The van der Waals surface area contributed by atoms with Crippen LogP contribution in [0.2, 0.25) is 0 Å². The van der Waals surface area contributed by atoms with Crippen molar-refractivity contribution in [3.63, 3.8) is 0 Å². The van der Waals surface area contributed by atoms with Crippen LogP contribution in [0.15, 0.2) is 65.3 Å². The van der Waals surface area contributed by atoms with E-state index < -0.39 is 17.8 Å². The Bertz CT molecular complexity index is 925. The van der Waals surface area contributed by atoms with Crippen molar-refractivity contribution in [2.45, 2.75) is 13.5 Å². The van der Waals surface area contributed by atoms with Crippen molar-refractivity contribution in [1.29, 1.82) is 0 Å². The second kappa shape index (κ2) is 8.05. The Morgan fingerprint density at radius 1 is 1.04 bits per heavy atom. The van der Waals surface area contributed by atoms with Gasteiger partial charge in [-0.15, -0.1) is 0 Å². The van der Waals surface area contributed by atoms with Crippen LogP contribution in [-0.2, 0) is 20.9 Å². The minimum absolute atomic E-state index is 0.0608. The van der Waals surface area contributed by atoms with Crippen LogP contribution < -0.4 is 5.32 Å². The lowest BCUT2D eigenvalue weighted by molar-refractivity contribution is -0.138. The Kier molecular flexibility index (Phi) is 5.57. The number of para-hydroxylation sites is 1. The molecule has 1 aliphatic rings. The third-order valence-electron chi connectivity index (χ3n) is 3.98. The molecule has 1 heterocycles. The third kappa shape index (κ3) is 3.85. The zero-order valence-electron chi connectivity index (χ0n) is 14.6. The molecule has 27 heavy (non-hydrogen) atoms. The summed E-state index contributed by atoms with van der Waals surface area (Å²) in [6.07, 6.45) is 0. The van der Waals surface area contributed by atoms with Crippen molar-refractivity contribution in [2.75, 3.05) is 11.9 Å². The lowest BCUT2D eigenvalue weighted by atomic mass is 10.1. The molecule has 6 nitrogen and oxygen atoms in total. The van der Waals surface area contributed by atoms with E-state index >= 15 is 0 Å². The van der Waals surface area contributed by atoms with E-state index in [9.17, 15) is 14.4 Å². The quantitative estimate of drug-likeness (QED) is 0.611. The summed E-state index contributed by atoms with van der Waals surface area (Å²) < 4.78 is 5.02. The maximum absolute atomic E-state index is 12.7. The minimum atomic E-state index is -0.582. The van der Waals surface area contributed by atoms with E-state index in [-0.39, 0.29) is 29.4 Å². The summed E-state index contributed by atoms with van der Waals surface area (Å²) >= 11 is 6.12. The number of rotatable bonds is 6. The molecule has 0 aromatic heterocycles. The van der Waals surface area contributed by atoms with Gasteiger partial charge in [-0.05, 0) is 24.6 Å². The van der Waals surface area contributed by atoms with Crippen molar-refractivity contribution < 1.29 is 19.1 Å². The first-order valence-corrected chi connectivity index (χ1v) is 8.73. The van der Waals surface area contributed by atoms with Crippen LogP contribution in [0.1, 0.15) is 22.8 Å². The van der Waals surface area contributed by atoms with E-state index in [4.69, 9.17) is 16.3 Å². The number of nitrogens with one attached hydrogen (secondary N) is 1. The van der Waals surface area contributed by atoms with Gasteiger partial charge in [0.2, 0.25) is 0 Å². The number of hydrogen-bond donors (Lipinski definition) is 1. The molecule has 0 saturated carbocycles. The van der Waals surface area contributed by atoms with Crippen molar-refractivity contribution in [1.82, 2.24) is 4.90 Å². The number of ether oxygens (including phenoxy) is 1. The van der Waals surface area contributed by atoms with Crippen LogP contribution in [0.4, 0.5) is 5.69 Å². The normalized spacial score (nSPS) is 13.9. The van der Waals surface area contributed by atoms with Crippen molar-refractivity contribution in [2.24, 2.45) is 0 Å². The molecule has 7 heteroatoms. The molecule has 0 radical (unpaired) electrons. The zero-order chi connectivity index (χ0) is 19.4. The molecule has 0 fully saturated rings. The summed E-state index contributed by atoms with van der Waals surface area (Å²) in [5.41, 5.74) is 1.33. The number of amides is 2. The molecular formula is C20H17ClN2O4. The van der Waals surface area contributed by atoms with Gasteiger partial charge < -0.3 is 10.1 Å². The van der Waals surface area contributed by atoms with Crippen LogP contribution in [0, 0.1) is 0 Å². The maximum atomic E-state index is 12.7. The minimum Gasteiger partial charge on any atom is -0.462 e. The van der Waals surface area contributed by atoms with Crippen LogP contribution in [-0.4, -0.2) is 29.3 Å². The highest BCUT2D eigenvalue weighted by atomic mass is 35.5. The SMILES string of the molecule is CCOC(=O)c1ccccc1NC1=C(Cl)C(=O)N(Cc2ccccc2)C1=O. The second-order valence-corrected chi connectivity index (χ2v) is 6.14. The predicted octanol–water partition coefficient (Wildman–Crippen LogP) is 3.29. The molecule has 3 rings (SSSR count). The highest BCUT2D eigenvalue weighted by Crippen LogP contribution is 2.28. The first kappa shape index (κ1) is 18.7. The number of carbonyl (C=O) groups excluding carboxylic acids is 3. The van der Waals surface area contributed by atoms with E-state index in [2.05, 4.69) is 5.32 Å². The van der Waals surface area contributed by atoms with Gasteiger partial charge in [-0.2, -0.15) is 0 Å². The Balaban J connectivity index is 1.85. The number of nitrogens with zero attached hydrogens (tertiary/aromatic N) is 1. The molecule has 0 unspecified atom stereocenters. The number of esters is 1. The van der Waals surface area contributed by atoms with Gasteiger partial charge in [0, 0.05) is 0 Å². The summed E-state index contributed by atoms with van der Waals surface area (Å²) in [7, 11) is 0. The van der Waals surface area contributed by atoms with E-state index in [0.717, 1.165) is 10.5 Å². The Morgan fingerprint density at radius 2 is 1.70 bits per heavy atom. The van der Waals surface area contributed by atoms with Gasteiger partial charge in [0.15, 0.2) is 0 Å². The average molecular weight is 385 g/mol. The fraction of sp³-hybridized carbons (Fsp3) is 0.150. The topological polar surface area (TPSA) is 75.7 Å². The van der Waals surface area contributed by atoms with Gasteiger partial charge in [0.1, 0.15) is 10.7 Å². The van der Waals surface area contributed by atoms with Gasteiger partial charge in [-0.1, -0.05) is 54.1 Å². The molecule has 1 aliphatic heterocycles. The maximum Gasteiger partial charge on any atom is 0.340 e. The van der Waals surface area contributed by atoms with Crippen LogP contribution in [0.25, 0.3) is 0 Å². The first-order valence-electron chi connectivity index (χ1n) is 8.36. The summed E-state index contributed by atoms with van der Waals surface area (Å²) in [4.78, 5) is 38.3. The van der Waals surface area contributed by atoms with Gasteiger partial charge in [0.05, 0.1) is 24.4 Å². The predicted molar refractivity (Wildman–Crippen MR) is 101 cm³/mol. The largest absolute Gasteiger partial charge is 0.462 e. The van der Waals surface area contributed by atoms with Crippen molar-refractivity contribution >= 4 is 35.1 Å². The van der Waals surface area contributed by atoms with Gasteiger partial charge in [0.25, 0.3) is 11.8 Å². The molecule has 0 spiro atoms. The van der Waals surface area contributed by atoms with Crippen LogP contribution in [0.3, 0.4) is 0 Å². The van der Waals surface area contributed by atoms with Gasteiger partial charge in [-0.25, -0.2) is 4.79 Å². The fourth-order valence-electron chi connectivity index (χ4n) is 2.68. The van der Waals surface area contributed by atoms with E-state index in [0.29, 0.717) is 5.69 Å². The lowest BCUT2D eigenvalue weighted by Gasteiger charge is -2.15. The molecule has 0 atom stereocenters. The molecule has 2 amide bonds. The third-order valence-corrected chi connectivity index (χ3v) is 4.33. The van der Waals surface area contributed by atoms with Gasteiger partial charge >= 0.3 is 5.97 Å². The summed E-state index contributed by atoms with van der Waals surface area (Å²) in [5, 5.41) is 2.62. The van der Waals surface area contributed by atoms with Gasteiger partial charge in [-0.3, -0.25) is 14.5 Å². The van der Waals surface area contributed by atoms with Crippen molar-refractivity contribution in [3.05, 3.63) is 76.5 Å². The number of hydrogen-bond acceptors (Lipinski definition) is 5. The average Bonchev–Trinajstić information content (AvgIpc) is 2.87. The van der Waals surface area contributed by atoms with Crippen LogP contribution in [0.5, 0.6) is 0 Å². The van der Waals surface area contributed by atoms with Crippen LogP contribution >= 0.6 is 11.6 Å². The number of imide groups is 1. The number of benzene rings is 2. The molecule has 2 aromatic rings. The Labute approximate surface area is 161 Å². The van der Waals surface area contributed by atoms with E-state index in [1.165, 1.54) is 0 Å². The molecule has 0 saturated heterocycles. The van der Waals surface area contributed by atoms with Crippen molar-refractivity contribution in [3.8, 4) is 0 Å². The standard InChI is InChI=1S/C20H17ClN2O4/c1-2-27-20(26)14-10-6-7-11-15(14)22-17-16(21)18(24)23(19(17)25)12-13-8-4-3-5-9-13/h3-11,22H,2,12H2,1H3. The molecule has 1 N–H and O–H groups in total. The monoisotopic (exact) mass is 384 g/mol. The molecule has 0 aliphatic carbocycles. The summed E-state index contributed by atoms with van der Waals surface area (Å²) in [6, 6.07) is 15.7. The lowest BCUT2D eigenvalue weighted by Crippen LogP contribution is -2.31. The van der Waals surface area contributed by atoms with E-state index in [1.807, 2.05) is 30.3 Å². The summed E-state index contributed by atoms with van der Waals surface area (Å²) in [6.45, 7) is 2.03. The first-order chi connectivity index (χ1) is 13.0. The number of halogens is 1. The summed E-state index contributed by atoms with van der Waals surface area (Å²) in [5.74, 6) is -1.66. The smallest absolute Gasteiger partial charge is 0.340 e. The highest BCUT2D eigenvalue weighted by molar-refractivity contribution is 6.48. The Morgan fingerprint density at radius 3 is 2.41 bits per heavy atom. The van der Waals surface area contributed by atoms with E-state index in [1.54, 1.807) is 31.2 Å². The fourth-order valence-corrected chi connectivity index (χ4v) is 2.91.